The van der Waals surface area contributed by atoms with E-state index in [1.54, 1.807) is 0 Å². The summed E-state index contributed by atoms with van der Waals surface area (Å²) in [6, 6.07) is 69.6. The van der Waals surface area contributed by atoms with Crippen LogP contribution in [0.25, 0.3) is 49.4 Å². The van der Waals surface area contributed by atoms with E-state index in [-0.39, 0.29) is 5.41 Å². The van der Waals surface area contributed by atoms with Crippen LogP contribution in [0, 0.1) is 6.92 Å². The van der Waals surface area contributed by atoms with E-state index in [4.69, 9.17) is 6.58 Å². The zero-order valence-electron chi connectivity index (χ0n) is 39.8. The maximum absolute atomic E-state index is 4.86. The van der Waals surface area contributed by atoms with Crippen molar-refractivity contribution < 1.29 is 0 Å². The third-order valence-corrected chi connectivity index (χ3v) is 17.3. The molecule has 0 saturated carbocycles. The number of anilines is 5. The molecule has 2 aliphatic rings. The monoisotopic (exact) mass is 912 g/mol. The van der Waals surface area contributed by atoms with Crippen molar-refractivity contribution >= 4 is 80.6 Å². The third-order valence-electron chi connectivity index (χ3n) is 14.2. The highest BCUT2D eigenvalue weighted by molar-refractivity contribution is 7.99. The molecule has 2 nitrogen and oxygen atoms in total. The fraction of sp³-hybridized carbons (Fsp3) is 0.125. The Morgan fingerprint density at radius 2 is 1.16 bits per heavy atom. The first kappa shape index (κ1) is 43.5. The summed E-state index contributed by atoms with van der Waals surface area (Å²) >= 11 is 1.90. The number of hydrogen-bond donors (Lipinski definition) is 0. The lowest BCUT2D eigenvalue weighted by Crippen LogP contribution is -2.37. The topological polar surface area (TPSA) is 6.48 Å². The second-order valence-electron chi connectivity index (χ2n) is 19.8. The molecular formula is C64H56N2SSi. The molecule has 4 heteroatoms. The van der Waals surface area contributed by atoms with Crippen molar-refractivity contribution in [2.75, 3.05) is 15.6 Å². The van der Waals surface area contributed by atoms with Crippen molar-refractivity contribution in [1.82, 2.24) is 0 Å². The SMILES string of the molecule is C=C1/C=C\C(N(c2ccc([Si](C)(C)C)cc2)c2ccccc2-c2ccccc2)=C/CSc2cccc3c2c1c(C)c1ccc(N(c2ccccc2)c2ccc4c(c2)C(C)(C)c2ccccc2-4)cc13. The first-order valence-electron chi connectivity index (χ1n) is 23.8. The highest BCUT2D eigenvalue weighted by atomic mass is 32.2. The van der Waals surface area contributed by atoms with Gasteiger partial charge in [-0.2, -0.15) is 0 Å². The Morgan fingerprint density at radius 3 is 1.93 bits per heavy atom. The third kappa shape index (κ3) is 7.53. The molecule has 0 fully saturated rings. The van der Waals surface area contributed by atoms with Crippen LogP contribution in [0.5, 0.6) is 0 Å². The summed E-state index contributed by atoms with van der Waals surface area (Å²) in [5.41, 5.74) is 17.9. The fourth-order valence-electron chi connectivity index (χ4n) is 10.7. The van der Waals surface area contributed by atoms with Gasteiger partial charge in [-0.25, -0.2) is 0 Å². The van der Waals surface area contributed by atoms with E-state index in [2.05, 4.69) is 256 Å². The predicted molar refractivity (Wildman–Crippen MR) is 299 cm³/mol. The Bertz CT molecular complexity index is 3490. The number of nitrogens with zero attached hydrogens (tertiary/aromatic N) is 2. The van der Waals surface area contributed by atoms with Crippen LogP contribution < -0.4 is 15.0 Å². The molecule has 1 heterocycles. The van der Waals surface area contributed by atoms with Crippen LogP contribution in [-0.2, 0) is 5.41 Å². The molecule has 332 valence electrons. The lowest BCUT2D eigenvalue weighted by atomic mass is 9.82. The average Bonchev–Trinajstić information content (AvgIpc) is 3.59. The van der Waals surface area contributed by atoms with Crippen molar-refractivity contribution in [1.29, 1.82) is 0 Å². The van der Waals surface area contributed by atoms with Gasteiger partial charge in [-0.05, 0) is 134 Å². The first-order valence-corrected chi connectivity index (χ1v) is 28.3. The fourth-order valence-corrected chi connectivity index (χ4v) is 12.9. The number of benzene rings is 9. The molecule has 0 saturated heterocycles. The molecule has 0 bridgehead atoms. The molecular weight excluding hydrogens is 857 g/mol. The van der Waals surface area contributed by atoms with Gasteiger partial charge < -0.3 is 9.80 Å². The summed E-state index contributed by atoms with van der Waals surface area (Å²) < 4.78 is 0. The Kier molecular flexibility index (Phi) is 11.0. The Morgan fingerprint density at radius 1 is 0.529 bits per heavy atom. The molecule has 0 N–H and O–H groups in total. The van der Waals surface area contributed by atoms with Gasteiger partial charge in [0.1, 0.15) is 0 Å². The summed E-state index contributed by atoms with van der Waals surface area (Å²) in [6.07, 6.45) is 6.93. The molecule has 9 aromatic rings. The predicted octanol–water partition coefficient (Wildman–Crippen LogP) is 17.7. The van der Waals surface area contributed by atoms with Gasteiger partial charge in [-0.15, -0.1) is 11.8 Å². The number of allylic oxidation sites excluding steroid dienone is 3. The Balaban J connectivity index is 1.03. The van der Waals surface area contributed by atoms with E-state index < -0.39 is 8.07 Å². The molecule has 1 aliphatic heterocycles. The van der Waals surface area contributed by atoms with Gasteiger partial charge in [0.05, 0.1) is 13.8 Å². The lowest BCUT2D eigenvalue weighted by Gasteiger charge is -2.30. The quantitative estimate of drug-likeness (QED) is 0.111. The number of aryl methyl sites for hydroxylation is 1. The Hall–Kier alpha value is -7.11. The minimum Gasteiger partial charge on any atom is -0.310 e. The maximum atomic E-state index is 4.86. The number of para-hydroxylation sites is 2. The van der Waals surface area contributed by atoms with E-state index in [0.29, 0.717) is 0 Å². The van der Waals surface area contributed by atoms with Gasteiger partial charge in [0.25, 0.3) is 0 Å². The van der Waals surface area contributed by atoms with E-state index in [9.17, 15) is 0 Å². The molecule has 0 radical (unpaired) electrons. The van der Waals surface area contributed by atoms with E-state index in [1.807, 2.05) is 11.8 Å². The summed E-state index contributed by atoms with van der Waals surface area (Å²) in [6.45, 7) is 19.1. The van der Waals surface area contributed by atoms with Crippen molar-refractivity contribution in [2.45, 2.75) is 50.7 Å². The smallest absolute Gasteiger partial charge is 0.0775 e. The second kappa shape index (κ2) is 17.2. The zero-order valence-corrected chi connectivity index (χ0v) is 41.7. The minimum absolute atomic E-state index is 0.106. The van der Waals surface area contributed by atoms with Gasteiger partial charge in [-0.1, -0.05) is 185 Å². The second-order valence-corrected chi connectivity index (χ2v) is 25.9. The number of fused-ring (bicyclic) bond motifs is 5. The molecule has 1 aliphatic carbocycles. The highest BCUT2D eigenvalue weighted by Crippen LogP contribution is 2.51. The van der Waals surface area contributed by atoms with E-state index in [0.717, 1.165) is 45.5 Å². The maximum Gasteiger partial charge on any atom is 0.0775 e. The van der Waals surface area contributed by atoms with Crippen LogP contribution in [0.3, 0.4) is 0 Å². The van der Waals surface area contributed by atoms with Crippen molar-refractivity contribution in [3.8, 4) is 22.3 Å². The summed E-state index contributed by atoms with van der Waals surface area (Å²) in [7, 11) is -1.51. The molecule has 0 amide bonds. The number of thioether (sulfide) groups is 1. The summed E-state index contributed by atoms with van der Waals surface area (Å²) in [4.78, 5) is 6.13. The number of hydrogen-bond acceptors (Lipinski definition) is 3. The van der Waals surface area contributed by atoms with Gasteiger partial charge in [0.2, 0.25) is 0 Å². The van der Waals surface area contributed by atoms with E-state index in [1.165, 1.54) is 76.1 Å². The molecule has 0 aromatic heterocycles. The van der Waals surface area contributed by atoms with Crippen molar-refractivity contribution in [3.63, 3.8) is 0 Å². The van der Waals surface area contributed by atoms with Gasteiger partial charge in [0.15, 0.2) is 0 Å². The summed E-state index contributed by atoms with van der Waals surface area (Å²) in [5, 5.41) is 6.43. The van der Waals surface area contributed by atoms with E-state index >= 15 is 0 Å². The first-order chi connectivity index (χ1) is 33.0. The van der Waals surface area contributed by atoms with Crippen LogP contribution in [0.2, 0.25) is 19.6 Å². The zero-order chi connectivity index (χ0) is 46.7. The Labute approximate surface area is 407 Å². The van der Waals surface area contributed by atoms with Crippen LogP contribution in [0.15, 0.2) is 223 Å². The molecule has 0 atom stereocenters. The van der Waals surface area contributed by atoms with Crippen LogP contribution in [0.1, 0.15) is 36.1 Å². The lowest BCUT2D eigenvalue weighted by molar-refractivity contribution is 0.660. The van der Waals surface area contributed by atoms with Crippen LogP contribution >= 0.6 is 11.8 Å². The summed E-state index contributed by atoms with van der Waals surface area (Å²) in [5.74, 6) is 0.791. The standard InChI is InChI=1S/C64H56N2SSi/c1-43-29-30-48(66(47-31-35-51(36-32-47)68(5,6)7)60-27-17-15-23-53(60)45-19-10-8-11-20-45)39-40-67-61-28-18-25-56-57-41-49(33-37-52(57)44(2)62(43)63(56)61)65(46-21-12-9-13-22-46)50-34-38-55-54-24-14-16-26-58(54)64(3,4)59(55)42-50/h8-39,41-42H,1,40H2,2-7H3/b30-29-,48-39+. The van der Waals surface area contributed by atoms with Gasteiger partial charge >= 0.3 is 0 Å². The van der Waals surface area contributed by atoms with Crippen molar-refractivity contribution in [2.24, 2.45) is 0 Å². The van der Waals surface area contributed by atoms with Crippen LogP contribution in [-0.4, -0.2) is 13.8 Å². The van der Waals surface area contributed by atoms with Gasteiger partial charge in [-0.3, -0.25) is 0 Å². The van der Waals surface area contributed by atoms with Crippen molar-refractivity contribution in [3.05, 3.63) is 241 Å². The molecule has 11 rings (SSSR count). The minimum atomic E-state index is -1.51. The normalized spacial score (nSPS) is 15.3. The molecule has 9 aromatic carbocycles. The number of rotatable bonds is 8. The van der Waals surface area contributed by atoms with Crippen LogP contribution in [0.4, 0.5) is 28.4 Å². The largest absolute Gasteiger partial charge is 0.310 e. The molecule has 0 spiro atoms. The average molecular weight is 913 g/mol. The highest BCUT2D eigenvalue weighted by Gasteiger charge is 2.36. The van der Waals surface area contributed by atoms with Gasteiger partial charge in [0, 0.05) is 55.5 Å². The molecule has 68 heavy (non-hydrogen) atoms. The molecule has 0 unspecified atom stereocenters.